The number of nitrogens with one attached hydrogen (secondary N) is 1. The van der Waals surface area contributed by atoms with Gasteiger partial charge in [-0.1, -0.05) is 6.07 Å². The number of aromatic amines is 1. The molecule has 1 saturated heterocycles. The molecular weight excluding hydrogens is 314 g/mol. The topological polar surface area (TPSA) is 85.7 Å². The Labute approximate surface area is 145 Å². The normalized spacial score (nSPS) is 17.8. The van der Waals surface area contributed by atoms with Crippen molar-refractivity contribution in [2.24, 2.45) is 0 Å². The second kappa shape index (κ2) is 6.17. The Kier molecular flexibility index (Phi) is 3.85. The van der Waals surface area contributed by atoms with Gasteiger partial charge in [-0.2, -0.15) is 5.26 Å². The van der Waals surface area contributed by atoms with Gasteiger partial charge in [-0.25, -0.2) is 4.98 Å². The van der Waals surface area contributed by atoms with Gasteiger partial charge in [0.2, 0.25) is 5.91 Å². The fraction of sp³-hybridized carbons (Fsp3) is 0.368. The van der Waals surface area contributed by atoms with Crippen molar-refractivity contribution in [3.8, 4) is 6.07 Å². The minimum Gasteiger partial charge on any atom is -0.343 e. The van der Waals surface area contributed by atoms with E-state index in [1.165, 1.54) is 5.56 Å². The van der Waals surface area contributed by atoms with E-state index >= 15 is 0 Å². The molecule has 1 N–H and O–H groups in total. The second-order valence-corrected chi connectivity index (χ2v) is 6.60. The van der Waals surface area contributed by atoms with Gasteiger partial charge < -0.3 is 9.88 Å². The molecule has 6 nitrogen and oxygen atoms in total. The van der Waals surface area contributed by atoms with Crippen LogP contribution in [0.4, 0.5) is 0 Å². The van der Waals surface area contributed by atoms with Crippen LogP contribution >= 0.6 is 0 Å². The van der Waals surface area contributed by atoms with Gasteiger partial charge >= 0.3 is 0 Å². The van der Waals surface area contributed by atoms with Crippen LogP contribution in [0.25, 0.3) is 21.9 Å². The quantitative estimate of drug-likeness (QED) is 0.781. The summed E-state index contributed by atoms with van der Waals surface area (Å²) in [6.07, 6.45) is 5.50. The Morgan fingerprint density at radius 2 is 2.36 bits per heavy atom. The first-order valence-corrected chi connectivity index (χ1v) is 8.55. The monoisotopic (exact) mass is 333 g/mol. The van der Waals surface area contributed by atoms with E-state index in [9.17, 15) is 4.79 Å². The fourth-order valence-corrected chi connectivity index (χ4v) is 3.98. The largest absolute Gasteiger partial charge is 0.343 e. The molecule has 1 unspecified atom stereocenters. The number of carbonyl (C=O) groups is 1. The van der Waals surface area contributed by atoms with E-state index in [0.29, 0.717) is 6.54 Å². The van der Waals surface area contributed by atoms with Crippen LogP contribution in [0.5, 0.6) is 0 Å². The first kappa shape index (κ1) is 15.6. The fourth-order valence-electron chi connectivity index (χ4n) is 3.98. The first-order chi connectivity index (χ1) is 12.2. The van der Waals surface area contributed by atoms with Crippen LogP contribution < -0.4 is 0 Å². The predicted molar refractivity (Wildman–Crippen MR) is 94.9 cm³/mol. The number of amides is 1. The molecule has 3 aromatic rings. The zero-order valence-electron chi connectivity index (χ0n) is 14.1. The van der Waals surface area contributed by atoms with Gasteiger partial charge in [0.05, 0.1) is 17.8 Å². The van der Waals surface area contributed by atoms with E-state index in [0.717, 1.165) is 47.0 Å². The van der Waals surface area contributed by atoms with Crippen LogP contribution in [0.2, 0.25) is 0 Å². The van der Waals surface area contributed by atoms with Crippen molar-refractivity contribution in [2.75, 3.05) is 13.1 Å². The highest BCUT2D eigenvalue weighted by Crippen LogP contribution is 2.37. The molecule has 0 radical (unpaired) electrons. The molecule has 0 saturated carbocycles. The zero-order chi connectivity index (χ0) is 17.4. The van der Waals surface area contributed by atoms with Crippen molar-refractivity contribution in [1.29, 1.82) is 5.26 Å². The lowest BCUT2D eigenvalue weighted by Gasteiger charge is -2.33. The number of likely N-dealkylation sites (tertiary alicyclic amines) is 1. The van der Waals surface area contributed by atoms with Gasteiger partial charge in [-0.15, -0.1) is 0 Å². The summed E-state index contributed by atoms with van der Waals surface area (Å²) in [7, 11) is 0. The van der Waals surface area contributed by atoms with Crippen LogP contribution in [0.3, 0.4) is 0 Å². The van der Waals surface area contributed by atoms with E-state index in [2.05, 4.69) is 27.9 Å². The third kappa shape index (κ3) is 2.62. The number of fused-ring (bicyclic) bond motifs is 3. The molecule has 6 heteroatoms. The maximum atomic E-state index is 12.1. The standard InChI is InChI=1S/C19H19N5O/c1-12-17(13-4-3-9-24(11-13)16(25)6-7-20)18-14-5-2-8-21-15(14)10-22-19(18)23-12/h2,5,8,10,13H,3-4,6,9,11H2,1H3,(H,22,23). The molecule has 1 aliphatic rings. The molecule has 126 valence electrons. The van der Waals surface area contributed by atoms with Gasteiger partial charge in [0.15, 0.2) is 0 Å². The number of nitrogens with zero attached hydrogens (tertiary/aromatic N) is 4. The van der Waals surface area contributed by atoms with Gasteiger partial charge in [-0.3, -0.25) is 9.78 Å². The predicted octanol–water partition coefficient (Wildman–Crippen LogP) is 3.04. The van der Waals surface area contributed by atoms with E-state index in [1.54, 1.807) is 12.4 Å². The first-order valence-electron chi connectivity index (χ1n) is 8.55. The summed E-state index contributed by atoms with van der Waals surface area (Å²) in [5, 5.41) is 11.0. The molecule has 0 aromatic carbocycles. The average molecular weight is 333 g/mol. The molecule has 0 aliphatic carbocycles. The highest BCUT2D eigenvalue weighted by atomic mass is 16.2. The van der Waals surface area contributed by atoms with Crippen molar-refractivity contribution in [1.82, 2.24) is 19.9 Å². The summed E-state index contributed by atoms with van der Waals surface area (Å²) in [6.45, 7) is 3.46. The molecule has 0 bridgehead atoms. The zero-order valence-corrected chi connectivity index (χ0v) is 14.1. The second-order valence-electron chi connectivity index (χ2n) is 6.60. The van der Waals surface area contributed by atoms with E-state index < -0.39 is 0 Å². The Morgan fingerprint density at radius 1 is 1.48 bits per heavy atom. The minimum absolute atomic E-state index is 0.0476. The number of carbonyl (C=O) groups excluding carboxylic acids is 1. The molecule has 25 heavy (non-hydrogen) atoms. The number of piperidine rings is 1. The van der Waals surface area contributed by atoms with Crippen LogP contribution in [-0.4, -0.2) is 38.8 Å². The molecular formula is C19H19N5O. The third-order valence-corrected chi connectivity index (χ3v) is 5.05. The highest BCUT2D eigenvalue weighted by Gasteiger charge is 2.28. The molecule has 1 amide bonds. The van der Waals surface area contributed by atoms with E-state index in [1.807, 2.05) is 17.0 Å². The van der Waals surface area contributed by atoms with Crippen LogP contribution in [0, 0.1) is 18.3 Å². The number of aromatic nitrogens is 3. The number of hydrogen-bond donors (Lipinski definition) is 1. The van der Waals surface area contributed by atoms with Crippen molar-refractivity contribution >= 4 is 27.8 Å². The number of hydrogen-bond acceptors (Lipinski definition) is 4. The molecule has 4 heterocycles. The van der Waals surface area contributed by atoms with Crippen molar-refractivity contribution in [2.45, 2.75) is 32.1 Å². The van der Waals surface area contributed by atoms with Gasteiger partial charge in [0.1, 0.15) is 12.1 Å². The lowest BCUT2D eigenvalue weighted by Crippen LogP contribution is -2.38. The minimum atomic E-state index is -0.0747. The Bertz CT molecular complexity index is 1000. The van der Waals surface area contributed by atoms with Gasteiger partial charge in [-0.05, 0) is 31.4 Å². The number of aryl methyl sites for hydroxylation is 1. The lowest BCUT2D eigenvalue weighted by molar-refractivity contribution is -0.131. The van der Waals surface area contributed by atoms with Crippen LogP contribution in [0.1, 0.15) is 36.4 Å². The van der Waals surface area contributed by atoms with Crippen molar-refractivity contribution in [3.63, 3.8) is 0 Å². The number of nitriles is 1. The number of rotatable bonds is 2. The SMILES string of the molecule is Cc1[nH]c2ncc3ncccc3c2c1C1CCCN(C(=O)CC#N)C1. The summed E-state index contributed by atoms with van der Waals surface area (Å²) in [4.78, 5) is 26.3. The third-order valence-electron chi connectivity index (χ3n) is 5.05. The van der Waals surface area contributed by atoms with Crippen molar-refractivity contribution in [3.05, 3.63) is 35.8 Å². The smallest absolute Gasteiger partial charge is 0.236 e. The summed E-state index contributed by atoms with van der Waals surface area (Å²) < 4.78 is 0. The molecule has 0 spiro atoms. The van der Waals surface area contributed by atoms with Crippen LogP contribution in [-0.2, 0) is 4.79 Å². The average Bonchev–Trinajstić information content (AvgIpc) is 2.98. The van der Waals surface area contributed by atoms with E-state index in [4.69, 9.17) is 5.26 Å². The Morgan fingerprint density at radius 3 is 3.20 bits per heavy atom. The van der Waals surface area contributed by atoms with E-state index in [-0.39, 0.29) is 18.2 Å². The molecule has 1 atom stereocenters. The molecule has 1 fully saturated rings. The maximum Gasteiger partial charge on any atom is 0.236 e. The summed E-state index contributed by atoms with van der Waals surface area (Å²) in [5.41, 5.74) is 4.07. The summed E-state index contributed by atoms with van der Waals surface area (Å²) in [6, 6.07) is 5.98. The molecule has 3 aromatic heterocycles. The molecule has 1 aliphatic heterocycles. The maximum absolute atomic E-state index is 12.1. The Balaban J connectivity index is 1.81. The molecule has 4 rings (SSSR count). The lowest BCUT2D eigenvalue weighted by atomic mass is 9.88. The van der Waals surface area contributed by atoms with Crippen molar-refractivity contribution < 1.29 is 4.79 Å². The summed E-state index contributed by atoms with van der Waals surface area (Å²) >= 11 is 0. The highest BCUT2D eigenvalue weighted by molar-refractivity contribution is 6.05. The van der Waals surface area contributed by atoms with Crippen LogP contribution in [0.15, 0.2) is 24.5 Å². The van der Waals surface area contributed by atoms with Gasteiger partial charge in [0.25, 0.3) is 0 Å². The number of H-pyrrole nitrogens is 1. The summed E-state index contributed by atoms with van der Waals surface area (Å²) in [5.74, 6) is 0.173. The number of pyridine rings is 2. The Hall–Kier alpha value is -2.94. The van der Waals surface area contributed by atoms with Gasteiger partial charge in [0, 0.05) is 41.7 Å².